The molecule has 0 spiro atoms. The summed E-state index contributed by atoms with van der Waals surface area (Å²) in [6.45, 7) is 1.66. The lowest BCUT2D eigenvalue weighted by Gasteiger charge is -2.15. The Kier molecular flexibility index (Phi) is 3.45. The van der Waals surface area contributed by atoms with Crippen LogP contribution in [0.4, 0.5) is 0 Å². The van der Waals surface area contributed by atoms with Gasteiger partial charge in [-0.05, 0) is 35.9 Å². The smallest absolute Gasteiger partial charge is 0.279 e. The number of pyridine rings is 1. The van der Waals surface area contributed by atoms with Crippen LogP contribution in [0.1, 0.15) is 17.0 Å². The van der Waals surface area contributed by atoms with Crippen LogP contribution in [0, 0.1) is 11.3 Å². The minimum atomic E-state index is -0.0510. The summed E-state index contributed by atoms with van der Waals surface area (Å²) in [6.07, 6.45) is 3.86. The molecule has 3 aromatic rings. The van der Waals surface area contributed by atoms with Crippen molar-refractivity contribution in [2.24, 2.45) is 7.05 Å². The van der Waals surface area contributed by atoms with Crippen molar-refractivity contribution in [1.29, 1.82) is 5.26 Å². The van der Waals surface area contributed by atoms with Crippen molar-refractivity contribution < 1.29 is 0 Å². The van der Waals surface area contributed by atoms with Crippen molar-refractivity contribution in [3.05, 3.63) is 64.2 Å². The molecular weight excluding hydrogens is 302 g/mol. The van der Waals surface area contributed by atoms with Crippen LogP contribution in [0.2, 0.25) is 0 Å². The normalized spacial score (nSPS) is 15.0. The van der Waals surface area contributed by atoms with Gasteiger partial charge in [0.1, 0.15) is 5.52 Å². The standard InChI is InChI=1S/C18H17N5O/c1-22-7-6-15-16(13-9-20-21-10-13)11-23(18(24)17(15)22)14-4-2-12(8-19)3-5-14/h2-7,11,13,20-21H,9-10H2,1H3. The van der Waals surface area contributed by atoms with Crippen molar-refractivity contribution in [2.45, 2.75) is 5.92 Å². The number of fused-ring (bicyclic) bond motifs is 1. The number of benzene rings is 1. The van der Waals surface area contributed by atoms with Crippen LogP contribution in [0.25, 0.3) is 16.6 Å². The molecule has 6 nitrogen and oxygen atoms in total. The van der Waals surface area contributed by atoms with E-state index in [0.717, 1.165) is 29.7 Å². The fourth-order valence-electron chi connectivity index (χ4n) is 3.31. The first-order valence-electron chi connectivity index (χ1n) is 7.86. The van der Waals surface area contributed by atoms with Gasteiger partial charge in [0.05, 0.1) is 11.6 Å². The summed E-state index contributed by atoms with van der Waals surface area (Å²) in [5, 5.41) is 9.96. The van der Waals surface area contributed by atoms with E-state index in [4.69, 9.17) is 5.26 Å². The van der Waals surface area contributed by atoms with Gasteiger partial charge in [-0.25, -0.2) is 0 Å². The summed E-state index contributed by atoms with van der Waals surface area (Å²) in [5.74, 6) is 0.306. The molecule has 1 aliphatic rings. The molecule has 2 aromatic heterocycles. The minimum Gasteiger partial charge on any atom is -0.346 e. The first kappa shape index (κ1) is 14.7. The SMILES string of the molecule is Cn1ccc2c(C3CNNC3)cn(-c3ccc(C#N)cc3)c(=O)c21. The molecule has 1 aliphatic heterocycles. The highest BCUT2D eigenvalue weighted by Gasteiger charge is 2.22. The zero-order valence-corrected chi connectivity index (χ0v) is 13.3. The zero-order chi connectivity index (χ0) is 16.7. The van der Waals surface area contributed by atoms with Gasteiger partial charge in [-0.3, -0.25) is 20.2 Å². The maximum absolute atomic E-state index is 13.0. The van der Waals surface area contributed by atoms with Crippen LogP contribution in [0.3, 0.4) is 0 Å². The van der Waals surface area contributed by atoms with Crippen LogP contribution >= 0.6 is 0 Å². The molecule has 2 N–H and O–H groups in total. The number of nitrogens with zero attached hydrogens (tertiary/aromatic N) is 3. The van der Waals surface area contributed by atoms with Gasteiger partial charge in [0.25, 0.3) is 5.56 Å². The number of hydrogen-bond donors (Lipinski definition) is 2. The Morgan fingerprint density at radius 3 is 2.54 bits per heavy atom. The van der Waals surface area contributed by atoms with Crippen molar-refractivity contribution in [2.75, 3.05) is 13.1 Å². The lowest BCUT2D eigenvalue weighted by molar-refractivity contribution is 0.689. The van der Waals surface area contributed by atoms with Crippen molar-refractivity contribution in [3.63, 3.8) is 0 Å². The third-order valence-corrected chi connectivity index (χ3v) is 4.61. The lowest BCUT2D eigenvalue weighted by Crippen LogP contribution is -2.22. The second-order valence-electron chi connectivity index (χ2n) is 6.07. The van der Waals surface area contributed by atoms with Gasteiger partial charge in [0, 0.05) is 49.5 Å². The summed E-state index contributed by atoms with van der Waals surface area (Å²) in [5.41, 5.74) is 9.44. The Labute approximate surface area is 138 Å². The van der Waals surface area contributed by atoms with Crippen LogP contribution < -0.4 is 16.4 Å². The van der Waals surface area contributed by atoms with Crippen LogP contribution in [0.5, 0.6) is 0 Å². The molecule has 0 aliphatic carbocycles. The molecule has 6 heteroatoms. The molecule has 0 unspecified atom stereocenters. The Morgan fingerprint density at radius 1 is 1.17 bits per heavy atom. The largest absolute Gasteiger partial charge is 0.346 e. The Balaban J connectivity index is 1.97. The number of nitriles is 1. The second kappa shape index (κ2) is 5.64. The molecule has 1 aromatic carbocycles. The quantitative estimate of drug-likeness (QED) is 0.748. The predicted molar refractivity (Wildman–Crippen MR) is 92.0 cm³/mol. The molecule has 0 saturated carbocycles. The molecule has 0 amide bonds. The average molecular weight is 319 g/mol. The third-order valence-electron chi connectivity index (χ3n) is 4.61. The number of nitrogens with one attached hydrogen (secondary N) is 2. The summed E-state index contributed by atoms with van der Waals surface area (Å²) >= 11 is 0. The predicted octanol–water partition coefficient (Wildman–Crippen LogP) is 1.39. The van der Waals surface area contributed by atoms with Crippen LogP contribution in [0.15, 0.2) is 47.5 Å². The first-order valence-corrected chi connectivity index (χ1v) is 7.86. The van der Waals surface area contributed by atoms with Crippen molar-refractivity contribution >= 4 is 10.9 Å². The minimum absolute atomic E-state index is 0.0510. The zero-order valence-electron chi connectivity index (χ0n) is 13.3. The topological polar surface area (TPSA) is 74.8 Å². The summed E-state index contributed by atoms with van der Waals surface area (Å²) < 4.78 is 3.55. The second-order valence-corrected chi connectivity index (χ2v) is 6.07. The Hall–Kier alpha value is -2.88. The Bertz CT molecular complexity index is 1000. The van der Waals surface area contributed by atoms with Gasteiger partial charge in [-0.1, -0.05) is 0 Å². The van der Waals surface area contributed by atoms with Crippen LogP contribution in [-0.2, 0) is 7.05 Å². The number of hydrazine groups is 1. The number of aryl methyl sites for hydroxylation is 1. The Morgan fingerprint density at radius 2 is 1.88 bits per heavy atom. The van der Waals surface area contributed by atoms with Gasteiger partial charge >= 0.3 is 0 Å². The molecule has 1 fully saturated rings. The maximum atomic E-state index is 13.0. The molecule has 3 heterocycles. The van der Waals surface area contributed by atoms with Crippen molar-refractivity contribution in [1.82, 2.24) is 20.0 Å². The van der Waals surface area contributed by atoms with E-state index in [0.29, 0.717) is 17.0 Å². The van der Waals surface area contributed by atoms with E-state index in [1.54, 1.807) is 16.7 Å². The van der Waals surface area contributed by atoms with Gasteiger partial charge in [-0.2, -0.15) is 5.26 Å². The molecule has 1 saturated heterocycles. The van der Waals surface area contributed by atoms with E-state index in [9.17, 15) is 4.79 Å². The maximum Gasteiger partial charge on any atom is 0.279 e. The molecule has 0 atom stereocenters. The highest BCUT2D eigenvalue weighted by molar-refractivity contribution is 5.83. The van der Waals surface area contributed by atoms with Crippen molar-refractivity contribution in [3.8, 4) is 11.8 Å². The van der Waals surface area contributed by atoms with E-state index < -0.39 is 0 Å². The monoisotopic (exact) mass is 319 g/mol. The highest BCUT2D eigenvalue weighted by atomic mass is 16.1. The molecule has 4 rings (SSSR count). The summed E-state index contributed by atoms with van der Waals surface area (Å²) in [7, 11) is 1.89. The van der Waals surface area contributed by atoms with Gasteiger partial charge in [-0.15, -0.1) is 0 Å². The van der Waals surface area contributed by atoms with Gasteiger partial charge in [0.2, 0.25) is 0 Å². The lowest BCUT2D eigenvalue weighted by atomic mass is 9.98. The van der Waals surface area contributed by atoms with E-state index in [1.165, 1.54) is 0 Å². The fraction of sp³-hybridized carbons (Fsp3) is 0.222. The van der Waals surface area contributed by atoms with E-state index in [-0.39, 0.29) is 5.56 Å². The molecule has 0 radical (unpaired) electrons. The number of rotatable bonds is 2. The highest BCUT2D eigenvalue weighted by Crippen LogP contribution is 2.26. The van der Waals surface area contributed by atoms with E-state index >= 15 is 0 Å². The molecule has 24 heavy (non-hydrogen) atoms. The number of aromatic nitrogens is 2. The first-order chi connectivity index (χ1) is 11.7. The number of hydrogen-bond acceptors (Lipinski definition) is 4. The molecular formula is C18H17N5O. The van der Waals surface area contributed by atoms with Crippen LogP contribution in [-0.4, -0.2) is 22.2 Å². The third kappa shape index (κ3) is 2.22. The summed E-state index contributed by atoms with van der Waals surface area (Å²) in [6, 6.07) is 11.2. The molecule has 120 valence electrons. The van der Waals surface area contributed by atoms with E-state index in [2.05, 4.69) is 16.9 Å². The van der Waals surface area contributed by atoms with Gasteiger partial charge < -0.3 is 4.57 Å². The summed E-state index contributed by atoms with van der Waals surface area (Å²) in [4.78, 5) is 13.0. The molecule has 0 bridgehead atoms. The fourth-order valence-corrected chi connectivity index (χ4v) is 3.31. The van der Waals surface area contributed by atoms with Gasteiger partial charge in [0.15, 0.2) is 0 Å². The van der Waals surface area contributed by atoms with E-state index in [1.807, 2.05) is 42.2 Å². The average Bonchev–Trinajstić information content (AvgIpc) is 3.26.